The Balaban J connectivity index is 3.43. The Morgan fingerprint density at radius 1 is 1.46 bits per heavy atom. The van der Waals surface area contributed by atoms with Gasteiger partial charge in [-0.1, -0.05) is 19.8 Å². The van der Waals surface area contributed by atoms with Crippen LogP contribution in [0.25, 0.3) is 0 Å². The van der Waals surface area contributed by atoms with Crippen LogP contribution in [0.5, 0.6) is 0 Å². The first-order valence-corrected chi connectivity index (χ1v) is 4.43. The van der Waals surface area contributed by atoms with Crippen LogP contribution >= 0.6 is 0 Å². The van der Waals surface area contributed by atoms with Crippen LogP contribution in [0.2, 0.25) is 0 Å². The minimum absolute atomic E-state index is 0.337. The van der Waals surface area contributed by atoms with E-state index >= 15 is 0 Å². The summed E-state index contributed by atoms with van der Waals surface area (Å²) in [6, 6.07) is 0. The highest BCUT2D eigenvalue weighted by atomic mass is 16.7. The summed E-state index contributed by atoms with van der Waals surface area (Å²) in [5.74, 6) is -0.337. The molecular weight excluding hydrogens is 172 g/mol. The van der Waals surface area contributed by atoms with E-state index in [2.05, 4.69) is 11.7 Å². The zero-order valence-corrected chi connectivity index (χ0v) is 8.04. The molecule has 0 aliphatic rings. The fourth-order valence-corrected chi connectivity index (χ4v) is 0.855. The molecule has 0 aromatic heterocycles. The lowest BCUT2D eigenvalue weighted by molar-refractivity contribution is -0.162. The van der Waals surface area contributed by atoms with Gasteiger partial charge >= 0.3 is 12.4 Å². The van der Waals surface area contributed by atoms with Crippen molar-refractivity contribution in [1.82, 2.24) is 0 Å². The molecule has 0 aliphatic carbocycles. The van der Waals surface area contributed by atoms with Gasteiger partial charge in [-0.3, -0.25) is 4.79 Å². The maximum atomic E-state index is 11.0. The molecule has 75 valence electrons. The number of carbonyl (C=O) groups excluding carboxylic acids is 2. The third-order valence-corrected chi connectivity index (χ3v) is 1.50. The van der Waals surface area contributed by atoms with Gasteiger partial charge in [0.25, 0.3) is 0 Å². The van der Waals surface area contributed by atoms with E-state index in [1.807, 2.05) is 0 Å². The SMILES string of the molecule is CCCCCC(=O)OC(C)O[C]=O. The van der Waals surface area contributed by atoms with Crippen LogP contribution < -0.4 is 0 Å². The molecule has 0 aliphatic heterocycles. The van der Waals surface area contributed by atoms with Crippen molar-refractivity contribution in [2.75, 3.05) is 0 Å². The van der Waals surface area contributed by atoms with Crippen molar-refractivity contribution in [3.8, 4) is 0 Å². The van der Waals surface area contributed by atoms with Gasteiger partial charge < -0.3 is 9.47 Å². The summed E-state index contributed by atoms with van der Waals surface area (Å²) in [5, 5.41) is 0. The van der Waals surface area contributed by atoms with E-state index < -0.39 is 6.29 Å². The average Bonchev–Trinajstić information content (AvgIpc) is 2.05. The van der Waals surface area contributed by atoms with Gasteiger partial charge in [0.1, 0.15) is 0 Å². The molecule has 0 saturated carbocycles. The normalized spacial score (nSPS) is 11.8. The lowest BCUT2D eigenvalue weighted by Crippen LogP contribution is -2.17. The molecule has 4 nitrogen and oxygen atoms in total. The Morgan fingerprint density at radius 3 is 2.69 bits per heavy atom. The molecule has 0 bridgehead atoms. The topological polar surface area (TPSA) is 52.6 Å². The molecule has 0 rings (SSSR count). The highest BCUT2D eigenvalue weighted by Crippen LogP contribution is 2.02. The molecule has 0 fully saturated rings. The highest BCUT2D eigenvalue weighted by molar-refractivity contribution is 5.69. The molecule has 0 saturated heterocycles. The third kappa shape index (κ3) is 7.31. The van der Waals surface area contributed by atoms with Crippen molar-refractivity contribution < 1.29 is 19.1 Å². The number of rotatable bonds is 7. The van der Waals surface area contributed by atoms with Gasteiger partial charge in [-0.15, -0.1) is 0 Å². The van der Waals surface area contributed by atoms with E-state index in [1.54, 1.807) is 0 Å². The molecule has 0 aromatic rings. The number of carbonyl (C=O) groups is 1. The first kappa shape index (κ1) is 11.9. The minimum Gasteiger partial charge on any atom is -0.425 e. The van der Waals surface area contributed by atoms with Crippen LogP contribution in [0, 0.1) is 0 Å². The van der Waals surface area contributed by atoms with Crippen LogP contribution in [0.4, 0.5) is 0 Å². The molecule has 1 unspecified atom stereocenters. The number of ether oxygens (including phenoxy) is 2. The summed E-state index contributed by atoms with van der Waals surface area (Å²) in [6.07, 6.45) is 2.42. The monoisotopic (exact) mass is 187 g/mol. The number of esters is 1. The largest absolute Gasteiger partial charge is 0.425 e. The Kier molecular flexibility index (Phi) is 6.96. The Hall–Kier alpha value is -1.06. The zero-order chi connectivity index (χ0) is 10.1. The summed E-state index contributed by atoms with van der Waals surface area (Å²) in [4.78, 5) is 20.7. The Labute approximate surface area is 78.2 Å². The van der Waals surface area contributed by atoms with Gasteiger partial charge in [-0.2, -0.15) is 0 Å². The van der Waals surface area contributed by atoms with Crippen molar-refractivity contribution >= 4 is 12.4 Å². The van der Waals surface area contributed by atoms with E-state index in [0.717, 1.165) is 19.3 Å². The molecular formula is C9H15O4. The van der Waals surface area contributed by atoms with Gasteiger partial charge in [0, 0.05) is 13.3 Å². The third-order valence-electron chi connectivity index (χ3n) is 1.50. The van der Waals surface area contributed by atoms with Gasteiger partial charge in [0.15, 0.2) is 0 Å². The summed E-state index contributed by atoms with van der Waals surface area (Å²) in [7, 11) is 0. The average molecular weight is 187 g/mol. The predicted molar refractivity (Wildman–Crippen MR) is 46.5 cm³/mol. The second kappa shape index (κ2) is 7.58. The van der Waals surface area contributed by atoms with Crippen LogP contribution in [0.3, 0.4) is 0 Å². The van der Waals surface area contributed by atoms with E-state index in [-0.39, 0.29) is 5.97 Å². The van der Waals surface area contributed by atoms with E-state index in [0.29, 0.717) is 6.42 Å². The molecule has 0 spiro atoms. The predicted octanol–water partition coefficient (Wildman–Crippen LogP) is 1.54. The van der Waals surface area contributed by atoms with Gasteiger partial charge in [0.05, 0.1) is 0 Å². The van der Waals surface area contributed by atoms with Crippen LogP contribution in [0.1, 0.15) is 39.5 Å². The lowest BCUT2D eigenvalue weighted by Gasteiger charge is -2.09. The van der Waals surface area contributed by atoms with Crippen molar-refractivity contribution in [2.45, 2.75) is 45.8 Å². The minimum atomic E-state index is -0.827. The van der Waals surface area contributed by atoms with E-state index in [4.69, 9.17) is 4.74 Å². The summed E-state index contributed by atoms with van der Waals surface area (Å²) in [6.45, 7) is 4.74. The molecule has 0 heterocycles. The molecule has 1 radical (unpaired) electrons. The molecule has 0 N–H and O–H groups in total. The standard InChI is InChI=1S/C9H15O4/c1-3-4-5-6-9(11)13-8(2)12-7-10/h8H,3-6H2,1-2H3. The summed E-state index contributed by atoms with van der Waals surface area (Å²) >= 11 is 0. The van der Waals surface area contributed by atoms with Gasteiger partial charge in [-0.25, -0.2) is 4.79 Å². The van der Waals surface area contributed by atoms with Crippen molar-refractivity contribution in [3.63, 3.8) is 0 Å². The second-order valence-corrected chi connectivity index (χ2v) is 2.72. The van der Waals surface area contributed by atoms with Crippen LogP contribution in [0.15, 0.2) is 0 Å². The van der Waals surface area contributed by atoms with Crippen molar-refractivity contribution in [2.24, 2.45) is 0 Å². The molecule has 1 atom stereocenters. The number of hydrogen-bond donors (Lipinski definition) is 0. The van der Waals surface area contributed by atoms with E-state index in [9.17, 15) is 9.59 Å². The number of hydrogen-bond acceptors (Lipinski definition) is 4. The second-order valence-electron chi connectivity index (χ2n) is 2.72. The quantitative estimate of drug-likeness (QED) is 0.344. The maximum absolute atomic E-state index is 11.0. The highest BCUT2D eigenvalue weighted by Gasteiger charge is 2.08. The lowest BCUT2D eigenvalue weighted by atomic mass is 10.2. The first-order chi connectivity index (χ1) is 6.20. The van der Waals surface area contributed by atoms with E-state index in [1.165, 1.54) is 13.4 Å². The van der Waals surface area contributed by atoms with Gasteiger partial charge in [-0.05, 0) is 6.42 Å². The fraction of sp³-hybridized carbons (Fsp3) is 0.778. The fourth-order valence-electron chi connectivity index (χ4n) is 0.855. The molecule has 0 amide bonds. The van der Waals surface area contributed by atoms with Crippen molar-refractivity contribution in [1.29, 1.82) is 0 Å². The molecule has 0 aromatic carbocycles. The molecule has 4 heteroatoms. The Bertz CT molecular complexity index is 156. The maximum Gasteiger partial charge on any atom is 0.420 e. The summed E-state index contributed by atoms with van der Waals surface area (Å²) < 4.78 is 8.98. The number of unbranched alkanes of at least 4 members (excludes halogenated alkanes) is 2. The first-order valence-electron chi connectivity index (χ1n) is 4.43. The summed E-state index contributed by atoms with van der Waals surface area (Å²) in [5.41, 5.74) is 0. The molecule has 13 heavy (non-hydrogen) atoms. The van der Waals surface area contributed by atoms with Crippen LogP contribution in [-0.2, 0) is 19.1 Å². The van der Waals surface area contributed by atoms with Crippen molar-refractivity contribution in [3.05, 3.63) is 0 Å². The smallest absolute Gasteiger partial charge is 0.420 e. The van der Waals surface area contributed by atoms with Gasteiger partial charge in [0.2, 0.25) is 6.29 Å². The van der Waals surface area contributed by atoms with Crippen LogP contribution in [-0.4, -0.2) is 18.7 Å². The zero-order valence-electron chi connectivity index (χ0n) is 8.04. The Morgan fingerprint density at radius 2 is 2.15 bits per heavy atom.